The number of hydrogen-bond donors (Lipinski definition) is 1. The number of halogens is 1. The summed E-state index contributed by atoms with van der Waals surface area (Å²) in [6.07, 6.45) is 1.87. The van der Waals surface area contributed by atoms with Gasteiger partial charge in [0.05, 0.1) is 17.1 Å². The topological polar surface area (TPSA) is 91.2 Å². The molecule has 2 aromatic heterocycles. The molecule has 1 aromatic carbocycles. The van der Waals surface area contributed by atoms with Crippen molar-refractivity contribution in [2.24, 2.45) is 0 Å². The molecule has 0 spiro atoms. The number of ether oxygens (including phenoxy) is 1. The van der Waals surface area contributed by atoms with Crippen LogP contribution in [0.2, 0.25) is 0 Å². The van der Waals surface area contributed by atoms with E-state index < -0.39 is 0 Å². The number of hydrogen-bond acceptors (Lipinski definition) is 7. The van der Waals surface area contributed by atoms with E-state index >= 15 is 0 Å². The summed E-state index contributed by atoms with van der Waals surface area (Å²) in [7, 11) is 1.60. The van der Waals surface area contributed by atoms with Gasteiger partial charge in [-0.25, -0.2) is 0 Å². The predicted molar refractivity (Wildman–Crippen MR) is 84.5 cm³/mol. The molecule has 0 aliphatic carbocycles. The molecule has 108 valence electrons. The van der Waals surface area contributed by atoms with Gasteiger partial charge in [-0.1, -0.05) is 17.8 Å². The number of para-hydroxylation sites is 1. The third-order valence-corrected chi connectivity index (χ3v) is 3.98. The molecule has 21 heavy (non-hydrogen) atoms. The van der Waals surface area contributed by atoms with E-state index in [1.807, 2.05) is 24.5 Å². The summed E-state index contributed by atoms with van der Waals surface area (Å²) in [4.78, 5) is 12.8. The Labute approximate surface area is 133 Å². The molecule has 0 aliphatic heterocycles. The van der Waals surface area contributed by atoms with Gasteiger partial charge in [0, 0.05) is 0 Å². The Morgan fingerprint density at radius 3 is 2.81 bits per heavy atom. The second-order valence-electron chi connectivity index (χ2n) is 4.04. The maximum atomic E-state index is 5.88. The summed E-state index contributed by atoms with van der Waals surface area (Å²) in [6.45, 7) is 0. The normalized spacial score (nSPS) is 11.0. The minimum atomic E-state index is 0.247. The Morgan fingerprint density at radius 2 is 2.10 bits per heavy atom. The van der Waals surface area contributed by atoms with Crippen LogP contribution in [0.1, 0.15) is 0 Å². The average molecular weight is 367 g/mol. The first kappa shape index (κ1) is 14.1. The number of thioether (sulfide) groups is 1. The smallest absolute Gasteiger partial charge is 0.258 e. The van der Waals surface area contributed by atoms with Crippen LogP contribution >= 0.6 is 27.7 Å². The quantitative estimate of drug-likeness (QED) is 0.710. The highest BCUT2D eigenvalue weighted by Gasteiger charge is 2.16. The van der Waals surface area contributed by atoms with Crippen LogP contribution in [0.25, 0.3) is 17.2 Å². The number of methoxy groups -OCH3 is 1. The molecule has 0 unspecified atom stereocenters. The first-order valence-electron chi connectivity index (χ1n) is 5.91. The minimum absolute atomic E-state index is 0.247. The van der Waals surface area contributed by atoms with E-state index in [0.717, 1.165) is 10.0 Å². The Hall–Kier alpha value is -1.87. The number of rotatable bonds is 3. The molecule has 3 rings (SSSR count). The Morgan fingerprint density at radius 1 is 1.29 bits per heavy atom. The molecule has 3 aromatic rings. The molecule has 2 heterocycles. The van der Waals surface area contributed by atoms with Crippen molar-refractivity contribution >= 4 is 39.4 Å². The molecule has 0 radical (unpaired) electrons. The summed E-state index contributed by atoms with van der Waals surface area (Å²) in [5.41, 5.74) is 6.63. The number of anilines is 1. The third-order valence-electron chi connectivity index (χ3n) is 2.81. The monoisotopic (exact) mass is 366 g/mol. The van der Waals surface area contributed by atoms with E-state index in [9.17, 15) is 0 Å². The van der Waals surface area contributed by atoms with Gasteiger partial charge in [-0.05, 0) is 34.3 Å². The zero-order valence-electron chi connectivity index (χ0n) is 11.2. The van der Waals surface area contributed by atoms with Crippen LogP contribution < -0.4 is 10.5 Å². The maximum absolute atomic E-state index is 5.88. The molecule has 0 atom stereocenters. The first-order valence-corrected chi connectivity index (χ1v) is 7.93. The molecular weight excluding hydrogens is 356 g/mol. The number of nitrogen functional groups attached to an aromatic ring is 1. The number of aromatic nitrogens is 5. The maximum Gasteiger partial charge on any atom is 0.258 e. The summed E-state index contributed by atoms with van der Waals surface area (Å²) in [5.74, 6) is 1.79. The summed E-state index contributed by atoms with van der Waals surface area (Å²) < 4.78 is 7.63. The van der Waals surface area contributed by atoms with E-state index in [-0.39, 0.29) is 5.95 Å². The van der Waals surface area contributed by atoms with Crippen molar-refractivity contribution in [2.45, 2.75) is 5.16 Å². The molecule has 9 heteroatoms. The van der Waals surface area contributed by atoms with Crippen molar-refractivity contribution in [1.82, 2.24) is 24.6 Å². The van der Waals surface area contributed by atoms with Crippen LogP contribution in [0.15, 0.2) is 27.8 Å². The Balaban J connectivity index is 2.22. The van der Waals surface area contributed by atoms with Gasteiger partial charge in [-0.2, -0.15) is 19.5 Å². The third kappa shape index (κ3) is 2.42. The lowest BCUT2D eigenvalue weighted by atomic mass is 10.2. The molecule has 7 nitrogen and oxygen atoms in total. The molecule has 2 N–H and O–H groups in total. The van der Waals surface area contributed by atoms with Crippen LogP contribution in [0.4, 0.5) is 5.95 Å². The summed E-state index contributed by atoms with van der Waals surface area (Å²) in [6, 6.07) is 5.64. The Kier molecular flexibility index (Phi) is 3.68. The van der Waals surface area contributed by atoms with Crippen molar-refractivity contribution in [1.29, 1.82) is 0 Å². The number of nitrogens with zero attached hydrogens (tertiary/aromatic N) is 5. The number of fused-ring (bicyclic) bond motifs is 1. The lowest BCUT2D eigenvalue weighted by Gasteiger charge is -2.06. The number of benzene rings is 1. The van der Waals surface area contributed by atoms with Crippen molar-refractivity contribution in [2.75, 3.05) is 19.1 Å². The van der Waals surface area contributed by atoms with Gasteiger partial charge in [0.1, 0.15) is 5.75 Å². The van der Waals surface area contributed by atoms with Crippen LogP contribution in [0.5, 0.6) is 5.75 Å². The predicted octanol–water partition coefficient (Wildman–Crippen LogP) is 2.26. The second-order valence-corrected chi connectivity index (χ2v) is 5.66. The fourth-order valence-corrected chi connectivity index (χ4v) is 2.77. The summed E-state index contributed by atoms with van der Waals surface area (Å²) >= 11 is 4.84. The van der Waals surface area contributed by atoms with Crippen molar-refractivity contribution in [3.05, 3.63) is 22.7 Å². The van der Waals surface area contributed by atoms with E-state index in [4.69, 9.17) is 10.5 Å². The lowest BCUT2D eigenvalue weighted by Crippen LogP contribution is -2.04. The second kappa shape index (κ2) is 5.49. The fraction of sp³-hybridized carbons (Fsp3) is 0.167. The van der Waals surface area contributed by atoms with E-state index in [1.165, 1.54) is 16.3 Å². The van der Waals surface area contributed by atoms with E-state index in [1.54, 1.807) is 7.11 Å². The molecule has 0 saturated heterocycles. The molecule has 0 fully saturated rings. The first-order chi connectivity index (χ1) is 10.1. The molecule has 0 aliphatic rings. The zero-order chi connectivity index (χ0) is 15.0. The highest BCUT2D eigenvalue weighted by molar-refractivity contribution is 9.10. The van der Waals surface area contributed by atoms with E-state index in [2.05, 4.69) is 36.0 Å². The number of nitrogens with two attached hydrogens (primary N) is 1. The van der Waals surface area contributed by atoms with Crippen molar-refractivity contribution in [3.8, 4) is 17.1 Å². The molecular formula is C12H11BrN6OS. The van der Waals surface area contributed by atoms with Gasteiger partial charge in [0.25, 0.3) is 5.78 Å². The van der Waals surface area contributed by atoms with Gasteiger partial charge < -0.3 is 10.5 Å². The van der Waals surface area contributed by atoms with Crippen LogP contribution in [0.3, 0.4) is 0 Å². The van der Waals surface area contributed by atoms with Gasteiger partial charge >= 0.3 is 0 Å². The van der Waals surface area contributed by atoms with Gasteiger partial charge in [0.2, 0.25) is 5.95 Å². The molecule has 0 amide bonds. The standard InChI is InChI=1S/C12H11BrN6OS/c1-20-8-6(4-3-5-7(8)13)9-15-11-17-12(21-2)16-10(14)19(11)18-9/h3-5H,1-2H3,(H2,14,15,16,17,18). The van der Waals surface area contributed by atoms with Gasteiger partial charge in [-0.3, -0.25) is 0 Å². The molecule has 0 bridgehead atoms. The largest absolute Gasteiger partial charge is 0.495 e. The fourth-order valence-electron chi connectivity index (χ4n) is 1.88. The highest BCUT2D eigenvalue weighted by atomic mass is 79.9. The SMILES string of the molecule is COc1c(Br)cccc1-c1nc2nc(SC)nc(N)n2n1. The van der Waals surface area contributed by atoms with Gasteiger partial charge in [-0.15, -0.1) is 5.10 Å². The van der Waals surface area contributed by atoms with Crippen LogP contribution in [0, 0.1) is 0 Å². The molecule has 0 saturated carbocycles. The Bertz CT molecular complexity index is 821. The van der Waals surface area contributed by atoms with Crippen molar-refractivity contribution in [3.63, 3.8) is 0 Å². The van der Waals surface area contributed by atoms with E-state index in [0.29, 0.717) is 22.5 Å². The lowest BCUT2D eigenvalue weighted by molar-refractivity contribution is 0.413. The van der Waals surface area contributed by atoms with Crippen molar-refractivity contribution < 1.29 is 4.74 Å². The zero-order valence-corrected chi connectivity index (χ0v) is 13.6. The highest BCUT2D eigenvalue weighted by Crippen LogP contribution is 2.34. The van der Waals surface area contributed by atoms with Crippen LogP contribution in [-0.4, -0.2) is 37.9 Å². The van der Waals surface area contributed by atoms with Crippen LogP contribution in [-0.2, 0) is 0 Å². The summed E-state index contributed by atoms with van der Waals surface area (Å²) in [5, 5.41) is 4.91. The average Bonchev–Trinajstić information content (AvgIpc) is 2.91. The minimum Gasteiger partial charge on any atom is -0.495 e. The van der Waals surface area contributed by atoms with Gasteiger partial charge in [0.15, 0.2) is 11.0 Å².